The molecule has 1 aromatic heterocycles. The molecular weight excluding hydrogens is 281 g/mol. The van der Waals surface area contributed by atoms with Crippen LogP contribution in [0.5, 0.6) is 0 Å². The molecule has 116 valence electrons. The lowest BCUT2D eigenvalue weighted by atomic mass is 9.97. The Balaban J connectivity index is 1.84. The standard InChI is InChI=1S/C17H20FN3O/c1-12(8-14-4-3-5-15(18)10-14)9-17(22)21-13(2)16-11-19-6-7-20-16/h3-7,10-13H,8-9H2,1-2H3,(H,21,22)/t12?,13-/m1/s1. The van der Waals surface area contributed by atoms with Gasteiger partial charge in [0.1, 0.15) is 5.82 Å². The lowest BCUT2D eigenvalue weighted by Crippen LogP contribution is -2.28. The summed E-state index contributed by atoms with van der Waals surface area (Å²) in [4.78, 5) is 20.2. The normalized spacial score (nSPS) is 13.4. The van der Waals surface area contributed by atoms with Crippen LogP contribution in [0.25, 0.3) is 0 Å². The van der Waals surface area contributed by atoms with E-state index >= 15 is 0 Å². The molecule has 0 radical (unpaired) electrons. The maximum atomic E-state index is 13.1. The van der Waals surface area contributed by atoms with Crippen molar-refractivity contribution in [3.63, 3.8) is 0 Å². The van der Waals surface area contributed by atoms with Crippen LogP contribution in [0.4, 0.5) is 4.39 Å². The van der Waals surface area contributed by atoms with Gasteiger partial charge >= 0.3 is 0 Å². The van der Waals surface area contributed by atoms with Crippen LogP contribution in [0.3, 0.4) is 0 Å². The molecule has 5 heteroatoms. The van der Waals surface area contributed by atoms with Gasteiger partial charge < -0.3 is 5.32 Å². The highest BCUT2D eigenvalue weighted by molar-refractivity contribution is 5.76. The third-order valence-corrected chi connectivity index (χ3v) is 3.41. The molecule has 0 bridgehead atoms. The highest BCUT2D eigenvalue weighted by Gasteiger charge is 2.14. The van der Waals surface area contributed by atoms with Crippen molar-refractivity contribution in [2.45, 2.75) is 32.7 Å². The van der Waals surface area contributed by atoms with E-state index in [1.165, 1.54) is 12.1 Å². The van der Waals surface area contributed by atoms with Crippen molar-refractivity contribution in [1.29, 1.82) is 0 Å². The Morgan fingerprint density at radius 3 is 2.82 bits per heavy atom. The fraction of sp³-hybridized carbons (Fsp3) is 0.353. The Morgan fingerprint density at radius 2 is 2.14 bits per heavy atom. The SMILES string of the molecule is CC(CC(=O)N[C@H](C)c1cnccn1)Cc1cccc(F)c1. The van der Waals surface area contributed by atoms with Gasteiger partial charge in [0.05, 0.1) is 17.9 Å². The largest absolute Gasteiger partial charge is 0.348 e. The fourth-order valence-corrected chi connectivity index (χ4v) is 2.36. The molecule has 1 N–H and O–H groups in total. The van der Waals surface area contributed by atoms with Crippen molar-refractivity contribution in [1.82, 2.24) is 15.3 Å². The molecule has 0 fully saturated rings. The number of nitrogens with one attached hydrogen (secondary N) is 1. The average molecular weight is 301 g/mol. The van der Waals surface area contributed by atoms with Crippen LogP contribution < -0.4 is 5.32 Å². The zero-order valence-corrected chi connectivity index (χ0v) is 12.8. The second-order valence-corrected chi connectivity index (χ2v) is 5.56. The molecule has 0 saturated heterocycles. The average Bonchev–Trinajstić information content (AvgIpc) is 2.47. The summed E-state index contributed by atoms with van der Waals surface area (Å²) in [6.45, 7) is 3.86. The predicted octanol–water partition coefficient (Wildman–Crippen LogP) is 3.06. The Kier molecular flexibility index (Phi) is 5.58. The van der Waals surface area contributed by atoms with E-state index < -0.39 is 0 Å². The van der Waals surface area contributed by atoms with Crippen LogP contribution in [-0.2, 0) is 11.2 Å². The Labute approximate surface area is 129 Å². The first-order valence-corrected chi connectivity index (χ1v) is 7.34. The summed E-state index contributed by atoms with van der Waals surface area (Å²) in [7, 11) is 0. The van der Waals surface area contributed by atoms with Crippen molar-refractivity contribution in [3.8, 4) is 0 Å². The molecule has 22 heavy (non-hydrogen) atoms. The van der Waals surface area contributed by atoms with Gasteiger partial charge in [-0.25, -0.2) is 4.39 Å². The minimum Gasteiger partial charge on any atom is -0.348 e. The maximum absolute atomic E-state index is 13.1. The van der Waals surface area contributed by atoms with E-state index in [9.17, 15) is 9.18 Å². The minimum atomic E-state index is -0.245. The highest BCUT2D eigenvalue weighted by atomic mass is 19.1. The molecule has 0 saturated carbocycles. The predicted molar refractivity (Wildman–Crippen MR) is 82.5 cm³/mol. The number of hydrogen-bond acceptors (Lipinski definition) is 3. The van der Waals surface area contributed by atoms with Gasteiger partial charge in [-0.15, -0.1) is 0 Å². The molecule has 1 unspecified atom stereocenters. The monoisotopic (exact) mass is 301 g/mol. The Bertz CT molecular complexity index is 618. The molecule has 0 aliphatic carbocycles. The first-order chi connectivity index (χ1) is 10.5. The number of nitrogens with zero attached hydrogens (tertiary/aromatic N) is 2. The molecule has 0 aliphatic heterocycles. The number of amides is 1. The summed E-state index contributed by atoms with van der Waals surface area (Å²) in [5, 5.41) is 2.91. The van der Waals surface area contributed by atoms with E-state index in [2.05, 4.69) is 15.3 Å². The molecule has 1 heterocycles. The van der Waals surface area contributed by atoms with E-state index in [4.69, 9.17) is 0 Å². The van der Waals surface area contributed by atoms with Crippen molar-refractivity contribution in [2.75, 3.05) is 0 Å². The number of halogens is 1. The quantitative estimate of drug-likeness (QED) is 0.892. The van der Waals surface area contributed by atoms with E-state index in [1.807, 2.05) is 19.9 Å². The third-order valence-electron chi connectivity index (χ3n) is 3.41. The topological polar surface area (TPSA) is 54.9 Å². The second kappa shape index (κ2) is 7.64. The summed E-state index contributed by atoms with van der Waals surface area (Å²) < 4.78 is 13.1. The number of carbonyl (C=O) groups excluding carboxylic acids is 1. The molecule has 0 aliphatic rings. The Morgan fingerprint density at radius 1 is 1.32 bits per heavy atom. The molecule has 2 rings (SSSR count). The highest BCUT2D eigenvalue weighted by Crippen LogP contribution is 2.14. The fourth-order valence-electron chi connectivity index (χ4n) is 2.36. The maximum Gasteiger partial charge on any atom is 0.220 e. The van der Waals surface area contributed by atoms with Crippen LogP contribution in [0.15, 0.2) is 42.9 Å². The van der Waals surface area contributed by atoms with Crippen LogP contribution in [0.1, 0.15) is 37.6 Å². The molecule has 0 spiro atoms. The van der Waals surface area contributed by atoms with Gasteiger partial charge in [-0.2, -0.15) is 0 Å². The minimum absolute atomic E-state index is 0.0398. The first-order valence-electron chi connectivity index (χ1n) is 7.34. The van der Waals surface area contributed by atoms with Gasteiger partial charge in [0.15, 0.2) is 0 Å². The van der Waals surface area contributed by atoms with Gasteiger partial charge in [0.25, 0.3) is 0 Å². The molecule has 1 aromatic carbocycles. The van der Waals surface area contributed by atoms with Crippen molar-refractivity contribution < 1.29 is 9.18 Å². The van der Waals surface area contributed by atoms with Gasteiger partial charge in [-0.05, 0) is 37.0 Å². The molecule has 4 nitrogen and oxygen atoms in total. The van der Waals surface area contributed by atoms with Crippen molar-refractivity contribution in [2.24, 2.45) is 5.92 Å². The number of hydrogen-bond donors (Lipinski definition) is 1. The van der Waals surface area contributed by atoms with E-state index in [0.717, 1.165) is 11.3 Å². The van der Waals surface area contributed by atoms with E-state index in [0.29, 0.717) is 12.8 Å². The third kappa shape index (κ3) is 4.91. The van der Waals surface area contributed by atoms with Crippen LogP contribution in [-0.4, -0.2) is 15.9 Å². The lowest BCUT2D eigenvalue weighted by molar-refractivity contribution is -0.122. The molecule has 2 aromatic rings. The lowest BCUT2D eigenvalue weighted by Gasteiger charge is -2.15. The second-order valence-electron chi connectivity index (χ2n) is 5.56. The number of aromatic nitrogens is 2. The number of rotatable bonds is 6. The van der Waals surface area contributed by atoms with Gasteiger partial charge in [-0.1, -0.05) is 19.1 Å². The summed E-state index contributed by atoms with van der Waals surface area (Å²) in [5.41, 5.74) is 1.64. The number of benzene rings is 1. The molecular formula is C17H20FN3O. The smallest absolute Gasteiger partial charge is 0.220 e. The zero-order chi connectivity index (χ0) is 15.9. The summed E-state index contributed by atoms with van der Waals surface area (Å²) in [6, 6.07) is 6.32. The molecule has 1 amide bonds. The van der Waals surface area contributed by atoms with E-state index in [1.54, 1.807) is 24.7 Å². The van der Waals surface area contributed by atoms with Crippen molar-refractivity contribution in [3.05, 3.63) is 59.9 Å². The van der Waals surface area contributed by atoms with E-state index in [-0.39, 0.29) is 23.7 Å². The van der Waals surface area contributed by atoms with Crippen molar-refractivity contribution >= 4 is 5.91 Å². The van der Waals surface area contributed by atoms with Crippen LogP contribution in [0.2, 0.25) is 0 Å². The number of carbonyl (C=O) groups is 1. The molecule has 2 atom stereocenters. The summed E-state index contributed by atoms with van der Waals surface area (Å²) >= 11 is 0. The van der Waals surface area contributed by atoms with Gasteiger partial charge in [0, 0.05) is 18.8 Å². The zero-order valence-electron chi connectivity index (χ0n) is 12.8. The van der Waals surface area contributed by atoms with Crippen LogP contribution >= 0.6 is 0 Å². The summed E-state index contributed by atoms with van der Waals surface area (Å²) in [5.74, 6) is -0.150. The van der Waals surface area contributed by atoms with Gasteiger partial charge in [0.2, 0.25) is 5.91 Å². The van der Waals surface area contributed by atoms with Gasteiger partial charge in [-0.3, -0.25) is 14.8 Å². The Hall–Kier alpha value is -2.30. The first kappa shape index (κ1) is 16.1. The summed E-state index contributed by atoms with van der Waals surface area (Å²) in [6.07, 6.45) is 5.90. The van der Waals surface area contributed by atoms with Crippen LogP contribution in [0, 0.1) is 11.7 Å².